The van der Waals surface area contributed by atoms with Gasteiger partial charge in [-0.3, -0.25) is 4.79 Å². The number of piperidine rings is 1. The fourth-order valence-corrected chi connectivity index (χ4v) is 4.13. The van der Waals surface area contributed by atoms with Gasteiger partial charge >= 0.3 is 0 Å². The van der Waals surface area contributed by atoms with E-state index in [9.17, 15) is 13.6 Å². The topological polar surface area (TPSA) is 32.3 Å². The minimum absolute atomic E-state index is 0.0182. The van der Waals surface area contributed by atoms with Crippen molar-refractivity contribution >= 4 is 5.91 Å². The highest BCUT2D eigenvalue weighted by molar-refractivity contribution is 5.76. The van der Waals surface area contributed by atoms with E-state index in [0.29, 0.717) is 12.3 Å². The molecule has 1 aromatic carbocycles. The van der Waals surface area contributed by atoms with Crippen LogP contribution in [-0.2, 0) is 11.3 Å². The molecular formula is C20H28F2N2O. The van der Waals surface area contributed by atoms with E-state index in [1.165, 1.54) is 18.2 Å². The van der Waals surface area contributed by atoms with Crippen molar-refractivity contribution in [1.82, 2.24) is 10.2 Å². The van der Waals surface area contributed by atoms with E-state index in [4.69, 9.17) is 0 Å². The number of nitrogens with zero attached hydrogens (tertiary/aromatic N) is 1. The zero-order chi connectivity index (χ0) is 17.6. The lowest BCUT2D eigenvalue weighted by molar-refractivity contribution is -0.134. The molecule has 1 aliphatic heterocycles. The lowest BCUT2D eigenvalue weighted by Gasteiger charge is -2.30. The Balaban J connectivity index is 1.67. The van der Waals surface area contributed by atoms with Crippen LogP contribution in [0.25, 0.3) is 0 Å². The lowest BCUT2D eigenvalue weighted by atomic mass is 9.93. The van der Waals surface area contributed by atoms with Crippen LogP contribution in [-0.4, -0.2) is 29.9 Å². The normalized spacial score (nSPS) is 19.3. The van der Waals surface area contributed by atoms with Gasteiger partial charge in [0.05, 0.1) is 6.54 Å². The molecule has 1 aromatic rings. The fraction of sp³-hybridized carbons (Fsp3) is 0.650. The van der Waals surface area contributed by atoms with Crippen molar-refractivity contribution in [1.29, 1.82) is 0 Å². The third kappa shape index (κ3) is 4.78. The van der Waals surface area contributed by atoms with Crippen LogP contribution < -0.4 is 5.32 Å². The quantitative estimate of drug-likeness (QED) is 0.840. The predicted molar refractivity (Wildman–Crippen MR) is 94.0 cm³/mol. The molecule has 3 rings (SSSR count). The number of rotatable bonds is 6. The van der Waals surface area contributed by atoms with E-state index in [0.717, 1.165) is 58.0 Å². The summed E-state index contributed by atoms with van der Waals surface area (Å²) in [6.45, 7) is 2.09. The zero-order valence-electron chi connectivity index (χ0n) is 14.8. The monoisotopic (exact) mass is 350 g/mol. The first kappa shape index (κ1) is 18.3. The second kappa shape index (κ2) is 8.75. The summed E-state index contributed by atoms with van der Waals surface area (Å²) in [5, 5.41) is 3.34. The summed E-state index contributed by atoms with van der Waals surface area (Å²) in [6.07, 6.45) is 7.63. The summed E-state index contributed by atoms with van der Waals surface area (Å²) < 4.78 is 28.1. The summed E-state index contributed by atoms with van der Waals surface area (Å²) in [7, 11) is 0. The van der Waals surface area contributed by atoms with Gasteiger partial charge in [-0.2, -0.15) is 0 Å². The van der Waals surface area contributed by atoms with Crippen molar-refractivity contribution in [2.45, 2.75) is 64.0 Å². The van der Waals surface area contributed by atoms with Crippen LogP contribution in [0.1, 0.15) is 56.9 Å². The highest BCUT2D eigenvalue weighted by Gasteiger charge is 2.28. The molecule has 0 bridgehead atoms. The van der Waals surface area contributed by atoms with Gasteiger partial charge in [0.15, 0.2) is 0 Å². The van der Waals surface area contributed by atoms with Gasteiger partial charge in [-0.1, -0.05) is 18.9 Å². The number of carbonyl (C=O) groups is 1. The van der Waals surface area contributed by atoms with Crippen molar-refractivity contribution < 1.29 is 13.6 Å². The SMILES string of the molecule is O=C(CCC1CCNCC1)N(Cc1c(F)cccc1F)C1CCCC1. The lowest BCUT2D eigenvalue weighted by Crippen LogP contribution is -2.39. The van der Waals surface area contributed by atoms with E-state index in [-0.39, 0.29) is 24.1 Å². The number of amides is 1. The second-order valence-electron chi connectivity index (χ2n) is 7.39. The van der Waals surface area contributed by atoms with Gasteiger partial charge in [0.25, 0.3) is 0 Å². The molecule has 1 amide bonds. The van der Waals surface area contributed by atoms with Crippen LogP contribution in [0.2, 0.25) is 0 Å². The molecule has 138 valence electrons. The number of hydrogen-bond acceptors (Lipinski definition) is 2. The van der Waals surface area contributed by atoms with Crippen LogP contribution >= 0.6 is 0 Å². The second-order valence-corrected chi connectivity index (χ2v) is 7.39. The van der Waals surface area contributed by atoms with Gasteiger partial charge in [-0.15, -0.1) is 0 Å². The first-order chi connectivity index (χ1) is 12.1. The van der Waals surface area contributed by atoms with E-state index in [1.54, 1.807) is 4.90 Å². The average Bonchev–Trinajstić information content (AvgIpc) is 3.15. The van der Waals surface area contributed by atoms with Crippen LogP contribution in [0.4, 0.5) is 8.78 Å². The van der Waals surface area contributed by atoms with E-state index in [1.807, 2.05) is 0 Å². The van der Waals surface area contributed by atoms with Crippen molar-refractivity contribution in [2.75, 3.05) is 13.1 Å². The highest BCUT2D eigenvalue weighted by Crippen LogP contribution is 2.28. The Labute approximate surface area is 148 Å². The Morgan fingerprint density at radius 3 is 2.36 bits per heavy atom. The maximum absolute atomic E-state index is 14.1. The average molecular weight is 350 g/mol. The van der Waals surface area contributed by atoms with Crippen molar-refractivity contribution in [3.05, 3.63) is 35.4 Å². The molecule has 0 radical (unpaired) electrons. The standard InChI is InChI=1S/C20H28F2N2O/c21-18-6-3-7-19(22)17(18)14-24(16-4-1-2-5-16)20(25)9-8-15-10-12-23-13-11-15/h3,6-7,15-16,23H,1-2,4-5,8-14H2. The number of halogens is 2. The smallest absolute Gasteiger partial charge is 0.223 e. The summed E-state index contributed by atoms with van der Waals surface area (Å²) >= 11 is 0. The Morgan fingerprint density at radius 2 is 1.72 bits per heavy atom. The molecule has 1 N–H and O–H groups in total. The highest BCUT2D eigenvalue weighted by atomic mass is 19.1. The summed E-state index contributed by atoms with van der Waals surface area (Å²) in [5.74, 6) is -0.489. The number of nitrogens with one attached hydrogen (secondary N) is 1. The molecule has 2 fully saturated rings. The van der Waals surface area contributed by atoms with Crippen LogP contribution in [0.5, 0.6) is 0 Å². The molecule has 0 unspecified atom stereocenters. The number of hydrogen-bond donors (Lipinski definition) is 1. The number of carbonyl (C=O) groups excluding carboxylic acids is 1. The molecule has 1 saturated carbocycles. The van der Waals surface area contributed by atoms with E-state index in [2.05, 4.69) is 5.32 Å². The third-order valence-electron chi connectivity index (χ3n) is 5.70. The number of benzene rings is 1. The molecule has 1 aliphatic carbocycles. The first-order valence-corrected chi connectivity index (χ1v) is 9.58. The molecule has 1 heterocycles. The van der Waals surface area contributed by atoms with Crippen LogP contribution in [0, 0.1) is 17.6 Å². The Hall–Kier alpha value is -1.49. The van der Waals surface area contributed by atoms with Crippen LogP contribution in [0.15, 0.2) is 18.2 Å². The molecule has 25 heavy (non-hydrogen) atoms. The summed E-state index contributed by atoms with van der Waals surface area (Å²) in [5.41, 5.74) is 0.0182. The molecule has 3 nitrogen and oxygen atoms in total. The van der Waals surface area contributed by atoms with Gasteiger partial charge < -0.3 is 10.2 Å². The Kier molecular flexibility index (Phi) is 6.40. The molecular weight excluding hydrogens is 322 g/mol. The van der Waals surface area contributed by atoms with Gasteiger partial charge in [-0.25, -0.2) is 8.78 Å². The molecule has 5 heteroatoms. The van der Waals surface area contributed by atoms with Crippen LogP contribution in [0.3, 0.4) is 0 Å². The molecule has 0 atom stereocenters. The van der Waals surface area contributed by atoms with E-state index < -0.39 is 11.6 Å². The summed E-state index contributed by atoms with van der Waals surface area (Å²) in [4.78, 5) is 14.6. The van der Waals surface area contributed by atoms with E-state index >= 15 is 0 Å². The minimum Gasteiger partial charge on any atom is -0.335 e. The minimum atomic E-state index is -0.561. The Morgan fingerprint density at radius 1 is 1.08 bits per heavy atom. The molecule has 2 aliphatic rings. The fourth-order valence-electron chi connectivity index (χ4n) is 4.13. The Bertz CT molecular complexity index is 561. The van der Waals surface area contributed by atoms with Gasteiger partial charge in [0.2, 0.25) is 5.91 Å². The molecule has 0 spiro atoms. The first-order valence-electron chi connectivity index (χ1n) is 9.58. The maximum atomic E-state index is 14.1. The van der Waals surface area contributed by atoms with Gasteiger partial charge in [0, 0.05) is 18.0 Å². The zero-order valence-corrected chi connectivity index (χ0v) is 14.8. The molecule has 1 saturated heterocycles. The van der Waals surface area contributed by atoms with Gasteiger partial charge in [0.1, 0.15) is 11.6 Å². The van der Waals surface area contributed by atoms with Crippen molar-refractivity contribution in [3.63, 3.8) is 0 Å². The third-order valence-corrected chi connectivity index (χ3v) is 5.70. The maximum Gasteiger partial charge on any atom is 0.223 e. The molecule has 0 aromatic heterocycles. The van der Waals surface area contributed by atoms with Crippen molar-refractivity contribution in [3.8, 4) is 0 Å². The summed E-state index contributed by atoms with van der Waals surface area (Å²) in [6, 6.07) is 4.03. The predicted octanol–water partition coefficient (Wildman–Crippen LogP) is 4.02. The van der Waals surface area contributed by atoms with Gasteiger partial charge in [-0.05, 0) is 63.2 Å². The largest absolute Gasteiger partial charge is 0.335 e. The van der Waals surface area contributed by atoms with Crippen molar-refractivity contribution in [2.24, 2.45) is 5.92 Å².